The van der Waals surface area contributed by atoms with E-state index in [2.05, 4.69) is 23.1 Å². The molecule has 0 aliphatic carbocycles. The third kappa shape index (κ3) is 2.08. The lowest BCUT2D eigenvalue weighted by molar-refractivity contribution is -0.0185. The number of rotatable bonds is 0. The molecule has 1 spiro atoms. The molecule has 3 aliphatic heterocycles. The summed E-state index contributed by atoms with van der Waals surface area (Å²) in [5.41, 5.74) is 2.36. The number of carbonyl (C=O) groups excluding carboxylic acids is 1. The van der Waals surface area contributed by atoms with E-state index < -0.39 is 0 Å². The molecular formula is C20H25N3O2. The summed E-state index contributed by atoms with van der Waals surface area (Å²) in [6.45, 7) is 2.99. The minimum atomic E-state index is -0.0294. The van der Waals surface area contributed by atoms with Crippen LogP contribution in [0.1, 0.15) is 36.6 Å². The van der Waals surface area contributed by atoms with Gasteiger partial charge in [-0.3, -0.25) is 4.90 Å². The monoisotopic (exact) mass is 339 g/mol. The molecule has 5 rings (SSSR count). The van der Waals surface area contributed by atoms with Crippen LogP contribution in [0.5, 0.6) is 0 Å². The highest BCUT2D eigenvalue weighted by Crippen LogP contribution is 2.47. The molecule has 5 nitrogen and oxygen atoms in total. The Morgan fingerprint density at radius 2 is 1.92 bits per heavy atom. The highest BCUT2D eigenvalue weighted by atomic mass is 16.3. The van der Waals surface area contributed by atoms with Crippen molar-refractivity contribution in [2.24, 2.45) is 0 Å². The standard InChI is InChI=1S/C20H25N3O2/c1-21-11-8-20(22(2)19(21)24)9-12-23-10-7-15-14-5-3-4-6-17(14)25-18(15)16(23)13-20/h3-6,16H,7-13H2,1-2H3/t16-,20+/m1/s1. The predicted molar refractivity (Wildman–Crippen MR) is 96.6 cm³/mol. The fourth-order valence-electron chi connectivity index (χ4n) is 5.15. The molecular weight excluding hydrogens is 314 g/mol. The van der Waals surface area contributed by atoms with Gasteiger partial charge in [0, 0.05) is 50.2 Å². The van der Waals surface area contributed by atoms with E-state index in [-0.39, 0.29) is 11.6 Å². The second kappa shape index (κ2) is 5.24. The van der Waals surface area contributed by atoms with E-state index in [1.165, 1.54) is 10.9 Å². The summed E-state index contributed by atoms with van der Waals surface area (Å²) < 4.78 is 6.32. The van der Waals surface area contributed by atoms with Crippen LogP contribution in [-0.2, 0) is 6.42 Å². The molecule has 0 N–H and O–H groups in total. The van der Waals surface area contributed by atoms with Gasteiger partial charge in [0.05, 0.1) is 6.04 Å². The van der Waals surface area contributed by atoms with Gasteiger partial charge in [-0.05, 0) is 31.7 Å². The summed E-state index contributed by atoms with van der Waals surface area (Å²) in [5.74, 6) is 1.14. The average molecular weight is 339 g/mol. The van der Waals surface area contributed by atoms with E-state index >= 15 is 0 Å². The van der Waals surface area contributed by atoms with E-state index in [1.54, 1.807) is 0 Å². The van der Waals surface area contributed by atoms with Gasteiger partial charge in [-0.15, -0.1) is 0 Å². The van der Waals surface area contributed by atoms with E-state index in [1.807, 2.05) is 30.0 Å². The normalized spacial score (nSPS) is 30.0. The molecule has 0 bridgehead atoms. The lowest BCUT2D eigenvalue weighted by atomic mass is 9.76. The van der Waals surface area contributed by atoms with Crippen LogP contribution in [0.2, 0.25) is 0 Å². The summed E-state index contributed by atoms with van der Waals surface area (Å²) >= 11 is 0. The smallest absolute Gasteiger partial charge is 0.319 e. The van der Waals surface area contributed by atoms with Crippen LogP contribution >= 0.6 is 0 Å². The molecule has 5 heteroatoms. The Kier molecular flexibility index (Phi) is 3.20. The van der Waals surface area contributed by atoms with Crippen molar-refractivity contribution in [1.82, 2.24) is 14.7 Å². The van der Waals surface area contributed by atoms with E-state index in [0.717, 1.165) is 56.7 Å². The maximum atomic E-state index is 12.6. The molecule has 2 atom stereocenters. The topological polar surface area (TPSA) is 39.9 Å². The van der Waals surface area contributed by atoms with Gasteiger partial charge in [0.1, 0.15) is 11.3 Å². The number of hydrogen-bond donors (Lipinski definition) is 0. The highest BCUT2D eigenvalue weighted by molar-refractivity contribution is 5.82. The Morgan fingerprint density at radius 1 is 1.12 bits per heavy atom. The quantitative estimate of drug-likeness (QED) is 0.740. The number of para-hydroxylation sites is 1. The van der Waals surface area contributed by atoms with Crippen molar-refractivity contribution in [3.8, 4) is 0 Å². The minimum Gasteiger partial charge on any atom is -0.459 e. The number of urea groups is 1. The summed E-state index contributed by atoms with van der Waals surface area (Å²) in [5, 5.41) is 1.27. The Balaban J connectivity index is 1.55. The molecule has 2 fully saturated rings. The van der Waals surface area contributed by atoms with Gasteiger partial charge in [-0.25, -0.2) is 4.79 Å². The molecule has 3 aliphatic rings. The predicted octanol–water partition coefficient (Wildman–Crippen LogP) is 3.25. The average Bonchev–Trinajstić information content (AvgIpc) is 3.03. The Morgan fingerprint density at radius 3 is 2.80 bits per heavy atom. The molecule has 0 unspecified atom stereocenters. The maximum absolute atomic E-state index is 12.6. The zero-order valence-corrected chi connectivity index (χ0v) is 15.0. The van der Waals surface area contributed by atoms with Crippen molar-refractivity contribution >= 4 is 17.0 Å². The SMILES string of the molecule is CN1CC[C@@]2(CCN3CCc4c(oc5ccccc45)[C@H]3C2)N(C)C1=O. The first-order valence-electron chi connectivity index (χ1n) is 9.32. The van der Waals surface area contributed by atoms with Crippen LogP contribution in [0.3, 0.4) is 0 Å². The number of nitrogens with zero attached hydrogens (tertiary/aromatic N) is 3. The molecule has 2 aromatic rings. The number of fused-ring (bicyclic) bond motifs is 5. The van der Waals surface area contributed by atoms with Crippen LogP contribution in [0, 0.1) is 0 Å². The van der Waals surface area contributed by atoms with Gasteiger partial charge >= 0.3 is 6.03 Å². The third-order valence-corrected chi connectivity index (χ3v) is 6.80. The van der Waals surface area contributed by atoms with Gasteiger partial charge < -0.3 is 14.2 Å². The molecule has 4 heterocycles. The number of furan rings is 1. The summed E-state index contributed by atoms with van der Waals surface area (Å²) in [6, 6.07) is 8.83. The second-order valence-corrected chi connectivity index (χ2v) is 7.93. The number of piperidine rings is 1. The molecule has 0 radical (unpaired) electrons. The number of amides is 2. The van der Waals surface area contributed by atoms with Crippen molar-refractivity contribution in [3.05, 3.63) is 35.6 Å². The van der Waals surface area contributed by atoms with Gasteiger partial charge in [0.15, 0.2) is 0 Å². The van der Waals surface area contributed by atoms with Gasteiger partial charge in [0.2, 0.25) is 0 Å². The molecule has 1 aromatic carbocycles. The molecule has 2 amide bonds. The molecule has 1 aromatic heterocycles. The van der Waals surface area contributed by atoms with Crippen LogP contribution in [-0.4, -0.2) is 60.0 Å². The fourth-order valence-corrected chi connectivity index (χ4v) is 5.15. The van der Waals surface area contributed by atoms with Crippen molar-refractivity contribution in [2.45, 2.75) is 37.3 Å². The minimum absolute atomic E-state index is 0.0294. The Hall–Kier alpha value is -2.01. The summed E-state index contributed by atoms with van der Waals surface area (Å²) in [7, 11) is 3.88. The van der Waals surface area contributed by atoms with Gasteiger partial charge in [-0.1, -0.05) is 18.2 Å². The largest absolute Gasteiger partial charge is 0.459 e. The van der Waals surface area contributed by atoms with Crippen LogP contribution in [0.25, 0.3) is 11.0 Å². The van der Waals surface area contributed by atoms with Crippen molar-refractivity contribution in [1.29, 1.82) is 0 Å². The molecule has 25 heavy (non-hydrogen) atoms. The molecule has 132 valence electrons. The zero-order chi connectivity index (χ0) is 17.2. The summed E-state index contributed by atoms with van der Waals surface area (Å²) in [6.07, 6.45) is 4.16. The van der Waals surface area contributed by atoms with Crippen LogP contribution in [0.15, 0.2) is 28.7 Å². The van der Waals surface area contributed by atoms with Crippen molar-refractivity contribution in [2.75, 3.05) is 33.7 Å². The zero-order valence-electron chi connectivity index (χ0n) is 15.0. The lowest BCUT2D eigenvalue weighted by Gasteiger charge is -2.54. The van der Waals surface area contributed by atoms with Gasteiger partial charge in [-0.2, -0.15) is 0 Å². The van der Waals surface area contributed by atoms with Crippen molar-refractivity contribution < 1.29 is 9.21 Å². The Labute approximate surface area is 148 Å². The molecule has 2 saturated heterocycles. The first-order valence-corrected chi connectivity index (χ1v) is 9.32. The molecule has 0 saturated carbocycles. The van der Waals surface area contributed by atoms with Crippen molar-refractivity contribution in [3.63, 3.8) is 0 Å². The maximum Gasteiger partial charge on any atom is 0.319 e. The third-order valence-electron chi connectivity index (χ3n) is 6.80. The number of hydrogen-bond acceptors (Lipinski definition) is 3. The van der Waals surface area contributed by atoms with Crippen LogP contribution in [0.4, 0.5) is 4.79 Å². The first-order chi connectivity index (χ1) is 12.1. The van der Waals surface area contributed by atoms with Crippen LogP contribution < -0.4 is 0 Å². The summed E-state index contributed by atoms with van der Waals surface area (Å²) in [4.78, 5) is 19.0. The lowest BCUT2D eigenvalue weighted by Crippen LogP contribution is -2.63. The van der Waals surface area contributed by atoms with E-state index in [4.69, 9.17) is 4.42 Å². The Bertz CT molecular complexity index is 845. The number of benzene rings is 1. The fraction of sp³-hybridized carbons (Fsp3) is 0.550. The van der Waals surface area contributed by atoms with E-state index in [9.17, 15) is 4.79 Å². The van der Waals surface area contributed by atoms with E-state index in [0.29, 0.717) is 6.04 Å². The number of carbonyl (C=O) groups is 1. The van der Waals surface area contributed by atoms with Gasteiger partial charge in [0.25, 0.3) is 0 Å². The first kappa shape index (κ1) is 15.3. The highest BCUT2D eigenvalue weighted by Gasteiger charge is 2.49. The second-order valence-electron chi connectivity index (χ2n) is 7.93.